The van der Waals surface area contributed by atoms with Crippen molar-refractivity contribution in [3.8, 4) is 16.3 Å². The fourth-order valence-electron chi connectivity index (χ4n) is 2.49. The van der Waals surface area contributed by atoms with Gasteiger partial charge in [-0.25, -0.2) is 9.37 Å². The largest absolute Gasteiger partial charge is 0.489 e. The van der Waals surface area contributed by atoms with E-state index >= 15 is 0 Å². The van der Waals surface area contributed by atoms with Crippen LogP contribution in [0, 0.1) is 5.82 Å². The van der Waals surface area contributed by atoms with Gasteiger partial charge in [0.25, 0.3) is 5.91 Å². The molecular formula is C20H17FN2O2S. The number of carbonyl (C=O) groups excluding carboxylic acids is 1. The first kappa shape index (κ1) is 16.7. The average molecular weight is 368 g/mol. The van der Waals surface area contributed by atoms with Crippen molar-refractivity contribution in [2.75, 3.05) is 0 Å². The maximum absolute atomic E-state index is 14.5. The lowest BCUT2D eigenvalue weighted by Crippen LogP contribution is -2.25. The van der Waals surface area contributed by atoms with Crippen molar-refractivity contribution in [3.05, 3.63) is 71.0 Å². The molecule has 0 unspecified atom stereocenters. The summed E-state index contributed by atoms with van der Waals surface area (Å²) in [6, 6.07) is 14.7. The third-order valence-electron chi connectivity index (χ3n) is 4.07. The molecular weight excluding hydrogens is 351 g/mol. The van der Waals surface area contributed by atoms with Gasteiger partial charge in [-0.3, -0.25) is 4.79 Å². The number of hydrogen-bond acceptors (Lipinski definition) is 4. The summed E-state index contributed by atoms with van der Waals surface area (Å²) >= 11 is 1.26. The zero-order chi connectivity index (χ0) is 17.9. The van der Waals surface area contributed by atoms with Crippen molar-refractivity contribution >= 4 is 17.2 Å². The van der Waals surface area contributed by atoms with E-state index in [0.717, 1.165) is 18.4 Å². The van der Waals surface area contributed by atoms with Crippen molar-refractivity contribution in [2.45, 2.75) is 25.5 Å². The van der Waals surface area contributed by atoms with E-state index in [0.29, 0.717) is 28.6 Å². The Hall–Kier alpha value is -2.73. The molecule has 0 atom stereocenters. The lowest BCUT2D eigenvalue weighted by molar-refractivity contribution is 0.0947. The Morgan fingerprint density at radius 1 is 1.23 bits per heavy atom. The number of amides is 1. The average Bonchev–Trinajstić information content (AvgIpc) is 3.33. The smallest absolute Gasteiger partial charge is 0.270 e. The second kappa shape index (κ2) is 7.25. The molecule has 0 saturated heterocycles. The summed E-state index contributed by atoms with van der Waals surface area (Å²) in [5.74, 6) is -0.157. The van der Waals surface area contributed by atoms with Crippen molar-refractivity contribution < 1.29 is 13.9 Å². The minimum Gasteiger partial charge on any atom is -0.489 e. The summed E-state index contributed by atoms with van der Waals surface area (Å²) in [4.78, 5) is 16.3. The minimum atomic E-state index is -0.418. The van der Waals surface area contributed by atoms with Crippen LogP contribution in [0.1, 0.15) is 28.9 Å². The highest BCUT2D eigenvalue weighted by atomic mass is 32.1. The van der Waals surface area contributed by atoms with Gasteiger partial charge in [0.1, 0.15) is 28.9 Å². The molecule has 4 rings (SSSR count). The highest BCUT2D eigenvalue weighted by molar-refractivity contribution is 7.13. The van der Waals surface area contributed by atoms with Crippen LogP contribution in [0.4, 0.5) is 4.39 Å². The lowest BCUT2D eigenvalue weighted by atomic mass is 10.2. The first-order valence-corrected chi connectivity index (χ1v) is 9.30. The fraction of sp³-hybridized carbons (Fsp3) is 0.200. The maximum atomic E-state index is 14.5. The lowest BCUT2D eigenvalue weighted by Gasteiger charge is -2.07. The molecule has 1 heterocycles. The van der Waals surface area contributed by atoms with Gasteiger partial charge in [0.05, 0.1) is 0 Å². The second-order valence-corrected chi connectivity index (χ2v) is 7.06. The van der Waals surface area contributed by atoms with Gasteiger partial charge in [-0.2, -0.15) is 0 Å². The summed E-state index contributed by atoms with van der Waals surface area (Å²) in [7, 11) is 0. The van der Waals surface area contributed by atoms with Gasteiger partial charge in [-0.05, 0) is 30.5 Å². The van der Waals surface area contributed by atoms with Crippen LogP contribution in [0.5, 0.6) is 5.75 Å². The standard InChI is InChI=1S/C20H17FN2O2S/c21-17-10-15(25-11-13-4-2-1-3-5-13)8-9-16(17)20-23-18(12-26-20)19(24)22-14-6-7-14/h1-5,8-10,12,14H,6-7,11H2,(H,22,24). The number of halogens is 1. The molecule has 1 amide bonds. The molecule has 1 N–H and O–H groups in total. The van der Waals surface area contributed by atoms with Gasteiger partial charge < -0.3 is 10.1 Å². The van der Waals surface area contributed by atoms with Gasteiger partial charge in [0, 0.05) is 23.1 Å². The highest BCUT2D eigenvalue weighted by Gasteiger charge is 2.25. The predicted octanol–water partition coefficient (Wildman–Crippen LogP) is 4.42. The van der Waals surface area contributed by atoms with E-state index in [9.17, 15) is 9.18 Å². The van der Waals surface area contributed by atoms with Crippen LogP contribution in [-0.2, 0) is 6.61 Å². The zero-order valence-corrected chi connectivity index (χ0v) is 14.8. The molecule has 0 radical (unpaired) electrons. The Balaban J connectivity index is 1.45. The Bertz CT molecular complexity index is 923. The molecule has 1 fully saturated rings. The van der Waals surface area contributed by atoms with E-state index in [2.05, 4.69) is 10.3 Å². The third-order valence-corrected chi connectivity index (χ3v) is 4.94. The molecule has 26 heavy (non-hydrogen) atoms. The second-order valence-electron chi connectivity index (χ2n) is 6.20. The summed E-state index contributed by atoms with van der Waals surface area (Å²) in [6.45, 7) is 0.377. The number of hydrogen-bond donors (Lipinski definition) is 1. The monoisotopic (exact) mass is 368 g/mol. The molecule has 0 bridgehead atoms. The van der Waals surface area contributed by atoms with Gasteiger partial charge in [0.15, 0.2) is 0 Å². The molecule has 2 aromatic carbocycles. The SMILES string of the molecule is O=C(NC1CC1)c1csc(-c2ccc(OCc3ccccc3)cc2F)n1. The summed E-state index contributed by atoms with van der Waals surface area (Å²) < 4.78 is 20.1. The molecule has 1 aliphatic carbocycles. The zero-order valence-electron chi connectivity index (χ0n) is 13.9. The summed E-state index contributed by atoms with van der Waals surface area (Å²) in [5.41, 5.74) is 1.72. The molecule has 4 nitrogen and oxygen atoms in total. The van der Waals surface area contributed by atoms with E-state index in [1.807, 2.05) is 30.3 Å². The number of thiazole rings is 1. The van der Waals surface area contributed by atoms with E-state index < -0.39 is 5.82 Å². The molecule has 132 valence electrons. The number of aromatic nitrogens is 1. The van der Waals surface area contributed by atoms with Gasteiger partial charge in [-0.1, -0.05) is 30.3 Å². The quantitative estimate of drug-likeness (QED) is 0.701. The van der Waals surface area contributed by atoms with Crippen LogP contribution >= 0.6 is 11.3 Å². The van der Waals surface area contributed by atoms with Crippen LogP contribution < -0.4 is 10.1 Å². The Kier molecular flexibility index (Phi) is 4.67. The number of nitrogens with zero attached hydrogens (tertiary/aromatic N) is 1. The van der Waals surface area contributed by atoms with Crippen molar-refractivity contribution in [2.24, 2.45) is 0 Å². The van der Waals surface area contributed by atoms with Crippen LogP contribution in [0.15, 0.2) is 53.9 Å². The van der Waals surface area contributed by atoms with Crippen LogP contribution in [0.2, 0.25) is 0 Å². The van der Waals surface area contributed by atoms with Crippen LogP contribution in [0.25, 0.3) is 10.6 Å². The number of nitrogens with one attached hydrogen (secondary N) is 1. The summed E-state index contributed by atoms with van der Waals surface area (Å²) in [5, 5.41) is 5.03. The molecule has 1 aromatic heterocycles. The molecule has 1 aliphatic rings. The van der Waals surface area contributed by atoms with E-state index in [-0.39, 0.29) is 11.9 Å². The highest BCUT2D eigenvalue weighted by Crippen LogP contribution is 2.29. The van der Waals surface area contributed by atoms with E-state index in [4.69, 9.17) is 4.74 Å². The maximum Gasteiger partial charge on any atom is 0.270 e. The Morgan fingerprint density at radius 3 is 2.77 bits per heavy atom. The molecule has 1 saturated carbocycles. The normalized spacial score (nSPS) is 13.4. The van der Waals surface area contributed by atoms with E-state index in [1.165, 1.54) is 17.4 Å². The predicted molar refractivity (Wildman–Crippen MR) is 98.8 cm³/mol. The summed E-state index contributed by atoms with van der Waals surface area (Å²) in [6.07, 6.45) is 2.03. The minimum absolute atomic E-state index is 0.196. The number of ether oxygens (including phenoxy) is 1. The first-order chi connectivity index (χ1) is 12.7. The Morgan fingerprint density at radius 2 is 2.04 bits per heavy atom. The van der Waals surface area contributed by atoms with Crippen LogP contribution in [0.3, 0.4) is 0 Å². The van der Waals surface area contributed by atoms with Gasteiger partial charge in [0.2, 0.25) is 0 Å². The molecule has 3 aromatic rings. The molecule has 6 heteroatoms. The van der Waals surface area contributed by atoms with Crippen molar-refractivity contribution in [1.29, 1.82) is 0 Å². The fourth-order valence-corrected chi connectivity index (χ4v) is 3.32. The van der Waals surface area contributed by atoms with E-state index in [1.54, 1.807) is 17.5 Å². The van der Waals surface area contributed by atoms with Crippen LogP contribution in [-0.4, -0.2) is 16.9 Å². The topological polar surface area (TPSA) is 51.2 Å². The van der Waals surface area contributed by atoms with Crippen molar-refractivity contribution in [1.82, 2.24) is 10.3 Å². The number of benzene rings is 2. The Labute approximate surface area is 154 Å². The van der Waals surface area contributed by atoms with Gasteiger partial charge >= 0.3 is 0 Å². The first-order valence-electron chi connectivity index (χ1n) is 8.42. The van der Waals surface area contributed by atoms with Gasteiger partial charge in [-0.15, -0.1) is 11.3 Å². The molecule has 0 spiro atoms. The molecule has 0 aliphatic heterocycles. The third kappa shape index (κ3) is 3.91. The number of carbonyl (C=O) groups is 1. The van der Waals surface area contributed by atoms with Crippen molar-refractivity contribution in [3.63, 3.8) is 0 Å². The number of rotatable bonds is 6.